The molecule has 1 unspecified atom stereocenters. The average molecular weight is 445 g/mol. The highest BCUT2D eigenvalue weighted by Crippen LogP contribution is 2.23. The molecule has 2 N–H and O–H groups in total. The number of benzene rings is 1. The first-order chi connectivity index (χ1) is 15.0. The van der Waals surface area contributed by atoms with Gasteiger partial charge < -0.3 is 20.4 Å². The summed E-state index contributed by atoms with van der Waals surface area (Å²) in [6.07, 6.45) is 1.56. The highest BCUT2D eigenvalue weighted by molar-refractivity contribution is 5.81. The van der Waals surface area contributed by atoms with Crippen molar-refractivity contribution in [2.24, 2.45) is 11.3 Å². The summed E-state index contributed by atoms with van der Waals surface area (Å²) in [7, 11) is 4.07. The number of rotatable bonds is 9. The predicted octanol–water partition coefficient (Wildman–Crippen LogP) is 2.50. The molecule has 0 spiro atoms. The number of hydrogen-bond acceptors (Lipinski definition) is 4. The van der Waals surface area contributed by atoms with Gasteiger partial charge >= 0.3 is 0 Å². The fourth-order valence-corrected chi connectivity index (χ4v) is 4.37. The van der Waals surface area contributed by atoms with Gasteiger partial charge in [0, 0.05) is 39.0 Å². The number of hydrogen-bond donors (Lipinski definition) is 2. The molecule has 1 aliphatic rings. The topological polar surface area (TPSA) is 81.8 Å². The standard InChI is InChI=1S/C25H40N4O3/c1-18-7-9-20(10-8-18)22(27-19(2)30)15-23(31)29-13-11-21(12-14-29)24(32)26-16-25(3,4)17-28(5)6/h7-10,21-22H,11-17H2,1-6H3,(H,26,32)(H,27,30). The molecule has 0 radical (unpaired) electrons. The Balaban J connectivity index is 1.87. The number of nitrogens with one attached hydrogen (secondary N) is 2. The van der Waals surface area contributed by atoms with Crippen molar-refractivity contribution >= 4 is 17.7 Å². The quantitative estimate of drug-likeness (QED) is 0.613. The van der Waals surface area contributed by atoms with Crippen LogP contribution in [0.25, 0.3) is 0 Å². The first-order valence-electron chi connectivity index (χ1n) is 11.5. The maximum atomic E-state index is 12.9. The Bertz CT molecular complexity index is 781. The first-order valence-corrected chi connectivity index (χ1v) is 11.5. The van der Waals surface area contributed by atoms with Gasteiger partial charge in [-0.2, -0.15) is 0 Å². The second kappa shape index (κ2) is 11.5. The van der Waals surface area contributed by atoms with Crippen LogP contribution in [0.1, 0.15) is 57.2 Å². The average Bonchev–Trinajstić information content (AvgIpc) is 2.71. The Morgan fingerprint density at radius 1 is 1.12 bits per heavy atom. The number of piperidine rings is 1. The van der Waals surface area contributed by atoms with Crippen LogP contribution in [0, 0.1) is 18.3 Å². The Hall–Kier alpha value is -2.41. The van der Waals surface area contributed by atoms with Gasteiger partial charge in [0.1, 0.15) is 0 Å². The van der Waals surface area contributed by atoms with Crippen LogP contribution in [0.5, 0.6) is 0 Å². The van der Waals surface area contributed by atoms with Crippen molar-refractivity contribution in [3.05, 3.63) is 35.4 Å². The van der Waals surface area contributed by atoms with Gasteiger partial charge in [0.25, 0.3) is 0 Å². The van der Waals surface area contributed by atoms with E-state index in [1.165, 1.54) is 6.92 Å². The largest absolute Gasteiger partial charge is 0.355 e. The Labute approximate surface area is 192 Å². The summed E-state index contributed by atoms with van der Waals surface area (Å²) in [6.45, 7) is 10.4. The number of amides is 3. The van der Waals surface area contributed by atoms with Crippen LogP contribution in [0.15, 0.2) is 24.3 Å². The molecule has 32 heavy (non-hydrogen) atoms. The van der Waals surface area contributed by atoms with E-state index in [1.54, 1.807) is 0 Å². The van der Waals surface area contributed by atoms with E-state index in [0.29, 0.717) is 32.5 Å². The summed E-state index contributed by atoms with van der Waals surface area (Å²) >= 11 is 0. The van der Waals surface area contributed by atoms with E-state index >= 15 is 0 Å². The molecule has 1 saturated heterocycles. The monoisotopic (exact) mass is 444 g/mol. The molecule has 0 saturated carbocycles. The van der Waals surface area contributed by atoms with Gasteiger partial charge in [-0.15, -0.1) is 0 Å². The van der Waals surface area contributed by atoms with Crippen LogP contribution in [0.3, 0.4) is 0 Å². The minimum atomic E-state index is -0.347. The molecule has 1 aromatic carbocycles. The second-order valence-electron chi connectivity index (χ2n) is 10.1. The van der Waals surface area contributed by atoms with Gasteiger partial charge in [0.2, 0.25) is 17.7 Å². The Kier molecular flexibility index (Phi) is 9.25. The zero-order chi connectivity index (χ0) is 23.9. The SMILES string of the molecule is CC(=O)NC(CC(=O)N1CCC(C(=O)NCC(C)(C)CN(C)C)CC1)c1ccc(C)cc1. The lowest BCUT2D eigenvalue weighted by Gasteiger charge is -2.34. The molecule has 7 nitrogen and oxygen atoms in total. The van der Waals surface area contributed by atoms with Crippen molar-refractivity contribution in [1.82, 2.24) is 20.4 Å². The molecule has 1 aromatic rings. The normalized spacial score (nSPS) is 16.0. The van der Waals surface area contributed by atoms with E-state index in [0.717, 1.165) is 17.7 Å². The third-order valence-corrected chi connectivity index (χ3v) is 5.94. The molecular weight excluding hydrogens is 404 g/mol. The van der Waals surface area contributed by atoms with Gasteiger partial charge in [-0.05, 0) is 44.8 Å². The molecule has 7 heteroatoms. The molecule has 0 aromatic heterocycles. The Morgan fingerprint density at radius 3 is 2.25 bits per heavy atom. The van der Waals surface area contributed by atoms with Crippen molar-refractivity contribution in [2.75, 3.05) is 40.3 Å². The molecular formula is C25H40N4O3. The maximum absolute atomic E-state index is 12.9. The fourth-order valence-electron chi connectivity index (χ4n) is 4.37. The number of likely N-dealkylation sites (tertiary alicyclic amines) is 1. The summed E-state index contributed by atoms with van der Waals surface area (Å²) < 4.78 is 0. The smallest absolute Gasteiger partial charge is 0.224 e. The molecule has 0 aliphatic carbocycles. The lowest BCUT2D eigenvalue weighted by atomic mass is 9.91. The number of nitrogens with zero attached hydrogens (tertiary/aromatic N) is 2. The van der Waals surface area contributed by atoms with E-state index in [9.17, 15) is 14.4 Å². The van der Waals surface area contributed by atoms with Crippen LogP contribution >= 0.6 is 0 Å². The maximum Gasteiger partial charge on any atom is 0.224 e. The Morgan fingerprint density at radius 2 is 1.72 bits per heavy atom. The summed E-state index contributed by atoms with van der Waals surface area (Å²) in [5.74, 6) is -0.122. The van der Waals surface area contributed by atoms with E-state index in [2.05, 4.69) is 29.4 Å². The van der Waals surface area contributed by atoms with E-state index in [-0.39, 0.29) is 41.5 Å². The van der Waals surface area contributed by atoms with Gasteiger partial charge in [0.15, 0.2) is 0 Å². The minimum absolute atomic E-state index is 0.00450. The molecule has 1 heterocycles. The van der Waals surface area contributed by atoms with Crippen molar-refractivity contribution in [3.8, 4) is 0 Å². The van der Waals surface area contributed by atoms with Crippen LogP contribution in [-0.4, -0.2) is 67.8 Å². The fraction of sp³-hybridized carbons (Fsp3) is 0.640. The van der Waals surface area contributed by atoms with Crippen LogP contribution < -0.4 is 10.6 Å². The number of carbonyl (C=O) groups is 3. The van der Waals surface area contributed by atoms with E-state index < -0.39 is 0 Å². The molecule has 1 aliphatic heterocycles. The van der Waals surface area contributed by atoms with Crippen molar-refractivity contribution in [3.63, 3.8) is 0 Å². The summed E-state index contributed by atoms with van der Waals surface area (Å²) in [6, 6.07) is 7.53. The van der Waals surface area contributed by atoms with Gasteiger partial charge in [-0.25, -0.2) is 0 Å². The number of carbonyl (C=O) groups excluding carboxylic acids is 3. The zero-order valence-electron chi connectivity index (χ0n) is 20.5. The summed E-state index contributed by atoms with van der Waals surface area (Å²) in [4.78, 5) is 41.2. The molecule has 3 amide bonds. The second-order valence-corrected chi connectivity index (χ2v) is 10.1. The molecule has 178 valence electrons. The van der Waals surface area contributed by atoms with Crippen molar-refractivity contribution in [1.29, 1.82) is 0 Å². The van der Waals surface area contributed by atoms with Gasteiger partial charge in [0.05, 0.1) is 12.5 Å². The van der Waals surface area contributed by atoms with Crippen LogP contribution in [-0.2, 0) is 14.4 Å². The summed E-state index contributed by atoms with van der Waals surface area (Å²) in [5.41, 5.74) is 2.06. The molecule has 1 atom stereocenters. The van der Waals surface area contributed by atoms with Gasteiger partial charge in [-0.1, -0.05) is 43.7 Å². The lowest BCUT2D eigenvalue weighted by molar-refractivity contribution is -0.136. The minimum Gasteiger partial charge on any atom is -0.355 e. The lowest BCUT2D eigenvalue weighted by Crippen LogP contribution is -2.46. The van der Waals surface area contributed by atoms with Crippen LogP contribution in [0.4, 0.5) is 0 Å². The predicted molar refractivity (Wildman–Crippen MR) is 127 cm³/mol. The third-order valence-electron chi connectivity index (χ3n) is 5.94. The van der Waals surface area contributed by atoms with Crippen molar-refractivity contribution in [2.45, 2.75) is 53.0 Å². The molecule has 2 rings (SSSR count). The highest BCUT2D eigenvalue weighted by atomic mass is 16.2. The zero-order valence-corrected chi connectivity index (χ0v) is 20.5. The van der Waals surface area contributed by atoms with E-state index in [4.69, 9.17) is 0 Å². The van der Waals surface area contributed by atoms with E-state index in [1.807, 2.05) is 50.2 Å². The third kappa shape index (κ3) is 8.26. The first kappa shape index (κ1) is 25.8. The molecule has 0 bridgehead atoms. The van der Waals surface area contributed by atoms with Crippen molar-refractivity contribution < 1.29 is 14.4 Å². The van der Waals surface area contributed by atoms with Crippen LogP contribution in [0.2, 0.25) is 0 Å². The van der Waals surface area contributed by atoms with Gasteiger partial charge in [-0.3, -0.25) is 14.4 Å². The molecule has 1 fully saturated rings. The number of aryl methyl sites for hydroxylation is 1. The highest BCUT2D eigenvalue weighted by Gasteiger charge is 2.30. The summed E-state index contributed by atoms with van der Waals surface area (Å²) in [5, 5.41) is 6.01.